The van der Waals surface area contributed by atoms with E-state index in [4.69, 9.17) is 30.4 Å². The molecule has 4 aromatic carbocycles. The Labute approximate surface area is 198 Å². The van der Waals surface area contributed by atoms with Crippen LogP contribution in [0, 0.1) is 0 Å². The van der Waals surface area contributed by atoms with E-state index < -0.39 is 0 Å². The summed E-state index contributed by atoms with van der Waals surface area (Å²) in [4.78, 5) is 0. The molecule has 0 spiro atoms. The van der Waals surface area contributed by atoms with Gasteiger partial charge in [-0.2, -0.15) is 0 Å². The molecule has 0 amide bonds. The molecule has 8 nitrogen and oxygen atoms in total. The number of hydrogen-bond acceptors (Lipinski definition) is 8. The van der Waals surface area contributed by atoms with Gasteiger partial charge in [-0.15, -0.1) is 0 Å². The summed E-state index contributed by atoms with van der Waals surface area (Å²) < 4.78 is 22.1. The highest BCUT2D eigenvalue weighted by Gasteiger charge is 2.07. The molecule has 0 aliphatic heterocycles. The maximum absolute atomic E-state index is 6.18. The summed E-state index contributed by atoms with van der Waals surface area (Å²) in [6.07, 6.45) is 0. The fourth-order valence-electron chi connectivity index (χ4n) is 3.15. The van der Waals surface area contributed by atoms with Crippen molar-refractivity contribution in [3.63, 3.8) is 0 Å². The Hall–Kier alpha value is -4.72. The van der Waals surface area contributed by atoms with Crippen LogP contribution in [0.5, 0.6) is 34.5 Å². The first-order valence-electron chi connectivity index (χ1n) is 10.5. The summed E-state index contributed by atoms with van der Waals surface area (Å²) in [5, 5.41) is 0. The minimum absolute atomic E-state index is 0.484. The third-order valence-corrected chi connectivity index (χ3v) is 4.93. The Kier molecular flexibility index (Phi) is 6.78. The maximum atomic E-state index is 6.18. The largest absolute Gasteiger partial charge is 0.497 e. The molecule has 6 N–H and O–H groups in total. The van der Waals surface area contributed by atoms with Crippen LogP contribution in [-0.4, -0.2) is 14.2 Å². The highest BCUT2D eigenvalue weighted by molar-refractivity contribution is 5.67. The van der Waals surface area contributed by atoms with Crippen molar-refractivity contribution in [2.45, 2.75) is 0 Å². The number of nitrogens with two attached hydrogens (primary N) is 2. The van der Waals surface area contributed by atoms with Crippen LogP contribution in [-0.2, 0) is 0 Å². The third-order valence-electron chi connectivity index (χ3n) is 4.93. The average molecular weight is 459 g/mol. The zero-order chi connectivity index (χ0) is 23.9. The van der Waals surface area contributed by atoms with Crippen molar-refractivity contribution in [1.82, 2.24) is 0 Å². The summed E-state index contributed by atoms with van der Waals surface area (Å²) in [7, 11) is 3.22. The molecular weight excluding hydrogens is 432 g/mol. The van der Waals surface area contributed by atoms with Gasteiger partial charge in [0, 0.05) is 6.07 Å². The van der Waals surface area contributed by atoms with E-state index in [0.29, 0.717) is 40.1 Å². The zero-order valence-corrected chi connectivity index (χ0v) is 18.9. The molecule has 8 heteroatoms. The first-order chi connectivity index (χ1) is 16.5. The van der Waals surface area contributed by atoms with Crippen molar-refractivity contribution < 1.29 is 18.9 Å². The van der Waals surface area contributed by atoms with Gasteiger partial charge < -0.3 is 41.3 Å². The topological polar surface area (TPSA) is 113 Å². The first-order valence-corrected chi connectivity index (χ1v) is 10.5. The van der Waals surface area contributed by atoms with Crippen molar-refractivity contribution in [2.75, 3.05) is 36.5 Å². The molecule has 0 aromatic heterocycles. The van der Waals surface area contributed by atoms with Crippen molar-refractivity contribution in [2.24, 2.45) is 0 Å². The summed E-state index contributed by atoms with van der Waals surface area (Å²) in [6.45, 7) is 0. The van der Waals surface area contributed by atoms with Crippen LogP contribution >= 0.6 is 0 Å². The predicted molar refractivity (Wildman–Crippen MR) is 135 cm³/mol. The number of rotatable bonds is 9. The second-order valence-corrected chi connectivity index (χ2v) is 7.31. The van der Waals surface area contributed by atoms with Gasteiger partial charge in [0.1, 0.15) is 34.5 Å². The van der Waals surface area contributed by atoms with Crippen molar-refractivity contribution in [3.8, 4) is 34.5 Å². The van der Waals surface area contributed by atoms with Gasteiger partial charge in [-0.25, -0.2) is 0 Å². The van der Waals surface area contributed by atoms with E-state index in [0.717, 1.165) is 17.1 Å². The van der Waals surface area contributed by atoms with Crippen LogP contribution in [0.15, 0.2) is 84.9 Å². The molecule has 34 heavy (non-hydrogen) atoms. The molecule has 0 atom stereocenters. The van der Waals surface area contributed by atoms with E-state index in [-0.39, 0.29) is 0 Å². The summed E-state index contributed by atoms with van der Waals surface area (Å²) in [5.41, 5.74) is 21.0. The molecule has 0 saturated heterocycles. The van der Waals surface area contributed by atoms with E-state index in [2.05, 4.69) is 10.9 Å². The molecule has 0 aliphatic rings. The molecule has 174 valence electrons. The number of ether oxygens (including phenoxy) is 4. The van der Waals surface area contributed by atoms with E-state index in [1.54, 1.807) is 44.6 Å². The van der Waals surface area contributed by atoms with E-state index >= 15 is 0 Å². The maximum Gasteiger partial charge on any atom is 0.150 e. The Bertz CT molecular complexity index is 1260. The van der Waals surface area contributed by atoms with Crippen molar-refractivity contribution in [1.29, 1.82) is 0 Å². The second kappa shape index (κ2) is 10.3. The molecule has 0 fully saturated rings. The quantitative estimate of drug-likeness (QED) is 0.181. The molecule has 4 rings (SSSR count). The number of methoxy groups -OCH3 is 2. The van der Waals surface area contributed by atoms with Gasteiger partial charge in [0.2, 0.25) is 0 Å². The number of benzene rings is 4. The minimum atomic E-state index is 0.484. The normalized spacial score (nSPS) is 10.3. The standard InChI is InChI=1S/C26H26N4O4/c1-31-19-8-10-20(11-9-19)33-25-12-6-17(14-23(25)27)29-30-18-7-13-26(24(28)15-18)34-22-5-3-4-21(16-22)32-2/h3-16,29-30H,27-28H2,1-2H3. The highest BCUT2D eigenvalue weighted by atomic mass is 16.5. The van der Waals surface area contributed by atoms with Crippen molar-refractivity contribution >= 4 is 22.7 Å². The number of anilines is 4. The number of hydrogen-bond donors (Lipinski definition) is 4. The van der Waals surface area contributed by atoms with Crippen LogP contribution in [0.2, 0.25) is 0 Å². The van der Waals surface area contributed by atoms with E-state index in [1.807, 2.05) is 54.6 Å². The van der Waals surface area contributed by atoms with Crippen LogP contribution in [0.25, 0.3) is 0 Å². The molecule has 0 bridgehead atoms. The van der Waals surface area contributed by atoms with E-state index in [9.17, 15) is 0 Å². The number of nitrogens with one attached hydrogen (secondary N) is 2. The lowest BCUT2D eigenvalue weighted by Gasteiger charge is -2.15. The van der Waals surface area contributed by atoms with Crippen LogP contribution < -0.4 is 41.3 Å². The zero-order valence-electron chi connectivity index (χ0n) is 18.9. The van der Waals surface area contributed by atoms with Gasteiger partial charge in [-0.05, 0) is 72.8 Å². The van der Waals surface area contributed by atoms with Gasteiger partial charge in [0.15, 0.2) is 0 Å². The lowest BCUT2D eigenvalue weighted by atomic mass is 10.2. The fraction of sp³-hybridized carbons (Fsp3) is 0.0769. The number of nitrogen functional groups attached to an aromatic ring is 2. The Balaban J connectivity index is 1.37. The van der Waals surface area contributed by atoms with Crippen LogP contribution in [0.1, 0.15) is 0 Å². The molecule has 4 aromatic rings. The molecule has 0 heterocycles. The lowest BCUT2D eigenvalue weighted by Crippen LogP contribution is -2.09. The molecular formula is C26H26N4O4. The smallest absolute Gasteiger partial charge is 0.150 e. The lowest BCUT2D eigenvalue weighted by molar-refractivity contribution is 0.409. The average Bonchev–Trinajstić information content (AvgIpc) is 2.86. The minimum Gasteiger partial charge on any atom is -0.497 e. The summed E-state index contributed by atoms with van der Waals surface area (Å²) in [6, 6.07) is 25.4. The molecule has 0 unspecified atom stereocenters. The monoisotopic (exact) mass is 458 g/mol. The van der Waals surface area contributed by atoms with Crippen LogP contribution in [0.3, 0.4) is 0 Å². The fourth-order valence-corrected chi connectivity index (χ4v) is 3.15. The van der Waals surface area contributed by atoms with Gasteiger partial charge >= 0.3 is 0 Å². The predicted octanol–water partition coefficient (Wildman–Crippen LogP) is 5.89. The summed E-state index contributed by atoms with van der Waals surface area (Å²) in [5.74, 6) is 3.86. The second-order valence-electron chi connectivity index (χ2n) is 7.31. The van der Waals surface area contributed by atoms with Gasteiger partial charge in [0.05, 0.1) is 37.0 Å². The van der Waals surface area contributed by atoms with Crippen molar-refractivity contribution in [3.05, 3.63) is 84.9 Å². The van der Waals surface area contributed by atoms with Crippen LogP contribution in [0.4, 0.5) is 22.7 Å². The Morgan fingerprint density at radius 1 is 0.529 bits per heavy atom. The molecule has 0 aliphatic carbocycles. The van der Waals surface area contributed by atoms with E-state index in [1.165, 1.54) is 0 Å². The third kappa shape index (κ3) is 5.55. The highest BCUT2D eigenvalue weighted by Crippen LogP contribution is 2.33. The summed E-state index contributed by atoms with van der Waals surface area (Å²) >= 11 is 0. The van der Waals surface area contributed by atoms with Gasteiger partial charge in [-0.3, -0.25) is 0 Å². The molecule has 0 saturated carbocycles. The SMILES string of the molecule is COc1ccc(Oc2ccc(NNc3ccc(Oc4cccc(OC)c4)c(N)c3)cc2N)cc1. The Morgan fingerprint density at radius 2 is 1.03 bits per heavy atom. The van der Waals surface area contributed by atoms with Gasteiger partial charge in [0.25, 0.3) is 0 Å². The molecule has 0 radical (unpaired) electrons. The first kappa shape index (κ1) is 22.5. The number of hydrazine groups is 1. The Morgan fingerprint density at radius 3 is 1.56 bits per heavy atom. The van der Waals surface area contributed by atoms with Gasteiger partial charge in [-0.1, -0.05) is 6.07 Å².